The van der Waals surface area contributed by atoms with Crippen LogP contribution in [0, 0.1) is 12.7 Å². The highest BCUT2D eigenvalue weighted by Gasteiger charge is 2.25. The zero-order valence-electron chi connectivity index (χ0n) is 10.7. The van der Waals surface area contributed by atoms with Crippen molar-refractivity contribution in [3.63, 3.8) is 0 Å². The number of hydrogen-bond donors (Lipinski definition) is 1. The van der Waals surface area contributed by atoms with Crippen LogP contribution in [0.15, 0.2) is 30.5 Å². The molecule has 0 fully saturated rings. The van der Waals surface area contributed by atoms with E-state index in [4.69, 9.17) is 0 Å². The number of nitrogens with one attached hydrogen (secondary N) is 1. The second kappa shape index (κ2) is 4.16. The summed E-state index contributed by atoms with van der Waals surface area (Å²) in [6, 6.07) is 6.37. The van der Waals surface area contributed by atoms with Gasteiger partial charge in [0.1, 0.15) is 5.82 Å². The molecule has 0 aliphatic carbocycles. The number of fused-ring (bicyclic) bond motifs is 3. The predicted octanol–water partition coefficient (Wildman–Crippen LogP) is 3.25. The topological polar surface area (TPSA) is 42.0 Å². The van der Waals surface area contributed by atoms with Gasteiger partial charge in [0.05, 0.1) is 11.6 Å². The molecule has 96 valence electrons. The average molecular weight is 256 g/mol. The first-order valence-corrected chi connectivity index (χ1v) is 6.13. The summed E-state index contributed by atoms with van der Waals surface area (Å²) in [4.78, 5) is 16.4. The summed E-state index contributed by atoms with van der Waals surface area (Å²) < 4.78 is 13.4. The molecule has 1 N–H and O–H groups in total. The van der Waals surface area contributed by atoms with Crippen molar-refractivity contribution in [2.24, 2.45) is 0 Å². The zero-order valence-corrected chi connectivity index (χ0v) is 10.7. The van der Waals surface area contributed by atoms with Crippen molar-refractivity contribution < 1.29 is 9.18 Å². The summed E-state index contributed by atoms with van der Waals surface area (Å²) in [6.45, 7) is 3.64. The minimum absolute atomic E-state index is 0.129. The van der Waals surface area contributed by atoms with Gasteiger partial charge in [-0.1, -0.05) is 6.07 Å². The van der Waals surface area contributed by atoms with Gasteiger partial charge < -0.3 is 5.32 Å². The summed E-state index contributed by atoms with van der Waals surface area (Å²) in [5.41, 5.74) is 3.95. The fraction of sp³-hybridized carbons (Fsp3) is 0.200. The summed E-state index contributed by atoms with van der Waals surface area (Å²) >= 11 is 0. The Labute approximate surface area is 110 Å². The Hall–Kier alpha value is -2.23. The number of halogens is 1. The minimum atomic E-state index is -0.390. The summed E-state index contributed by atoms with van der Waals surface area (Å²) in [5.74, 6) is -0.850. The highest BCUT2D eigenvalue weighted by molar-refractivity contribution is 6.03. The van der Waals surface area contributed by atoms with Gasteiger partial charge in [-0.05, 0) is 43.2 Å². The number of benzene rings is 1. The molecule has 1 aliphatic rings. The fourth-order valence-corrected chi connectivity index (χ4v) is 2.40. The van der Waals surface area contributed by atoms with Gasteiger partial charge in [-0.15, -0.1) is 0 Å². The molecule has 3 nitrogen and oxygen atoms in total. The van der Waals surface area contributed by atoms with E-state index in [1.54, 1.807) is 19.2 Å². The molecule has 0 bridgehead atoms. The number of aromatic nitrogens is 1. The van der Waals surface area contributed by atoms with Crippen LogP contribution in [0.3, 0.4) is 0 Å². The summed E-state index contributed by atoms with van der Waals surface area (Å²) in [6.07, 6.45) is 1.72. The number of carbonyl (C=O) groups excluding carboxylic acids is 1. The number of pyridine rings is 1. The molecule has 1 amide bonds. The molecule has 1 atom stereocenters. The molecule has 4 heteroatoms. The van der Waals surface area contributed by atoms with E-state index in [1.807, 2.05) is 13.0 Å². The van der Waals surface area contributed by atoms with Gasteiger partial charge in [0.2, 0.25) is 5.91 Å². The molecule has 2 aromatic rings. The van der Waals surface area contributed by atoms with Crippen molar-refractivity contribution in [3.05, 3.63) is 47.5 Å². The van der Waals surface area contributed by atoms with Gasteiger partial charge in [-0.25, -0.2) is 4.39 Å². The number of nitrogens with zero attached hydrogens (tertiary/aromatic N) is 1. The monoisotopic (exact) mass is 256 g/mol. The molecule has 0 saturated carbocycles. The largest absolute Gasteiger partial charge is 0.325 e. The van der Waals surface area contributed by atoms with E-state index in [9.17, 15) is 9.18 Å². The van der Waals surface area contributed by atoms with Crippen molar-refractivity contribution in [2.45, 2.75) is 19.8 Å². The van der Waals surface area contributed by atoms with Gasteiger partial charge in [0.15, 0.2) is 0 Å². The number of rotatable bonds is 0. The Morgan fingerprint density at radius 2 is 2.05 bits per heavy atom. The lowest BCUT2D eigenvalue weighted by atomic mass is 9.93. The van der Waals surface area contributed by atoms with E-state index in [2.05, 4.69) is 10.3 Å². The van der Waals surface area contributed by atoms with E-state index in [-0.39, 0.29) is 11.7 Å². The van der Waals surface area contributed by atoms with Crippen LogP contribution in [0.1, 0.15) is 24.1 Å². The molecule has 1 aliphatic heterocycles. The second-order valence-electron chi connectivity index (χ2n) is 4.81. The van der Waals surface area contributed by atoms with Crippen LogP contribution in [0.2, 0.25) is 0 Å². The van der Waals surface area contributed by atoms with E-state index in [1.165, 1.54) is 12.1 Å². The van der Waals surface area contributed by atoms with Crippen LogP contribution in [0.5, 0.6) is 0 Å². The Balaban J connectivity index is 2.32. The number of hydrogen-bond acceptors (Lipinski definition) is 2. The maximum atomic E-state index is 13.4. The first-order chi connectivity index (χ1) is 9.06. The smallest absolute Gasteiger partial charge is 0.231 e. The maximum absolute atomic E-state index is 13.4. The van der Waals surface area contributed by atoms with Gasteiger partial charge >= 0.3 is 0 Å². The lowest BCUT2D eigenvalue weighted by Crippen LogP contribution is -2.17. The Bertz CT molecular complexity index is 682. The number of carbonyl (C=O) groups is 1. The van der Waals surface area contributed by atoms with E-state index >= 15 is 0 Å². The first kappa shape index (κ1) is 11.8. The molecule has 1 aromatic heterocycles. The minimum Gasteiger partial charge on any atom is -0.325 e. The average Bonchev–Trinajstić information content (AvgIpc) is 2.47. The highest BCUT2D eigenvalue weighted by Crippen LogP contribution is 2.38. The Kier molecular flexibility index (Phi) is 2.59. The van der Waals surface area contributed by atoms with Crippen LogP contribution in [0.25, 0.3) is 11.1 Å². The molecule has 0 saturated heterocycles. The van der Waals surface area contributed by atoms with Crippen LogP contribution in [0.4, 0.5) is 10.1 Å². The third kappa shape index (κ3) is 1.89. The SMILES string of the molecule is Cc1cc2c(cn1)-c1ccc(F)cc1C(C)C(=O)N2. The predicted molar refractivity (Wildman–Crippen MR) is 71.4 cm³/mol. The van der Waals surface area contributed by atoms with Crippen LogP contribution in [-0.4, -0.2) is 10.9 Å². The van der Waals surface area contributed by atoms with Gasteiger partial charge in [-0.3, -0.25) is 9.78 Å². The molecule has 0 spiro atoms. The third-order valence-corrected chi connectivity index (χ3v) is 3.46. The van der Waals surface area contributed by atoms with Crippen molar-refractivity contribution in [3.8, 4) is 11.1 Å². The van der Waals surface area contributed by atoms with Crippen molar-refractivity contribution in [1.29, 1.82) is 0 Å². The quantitative estimate of drug-likeness (QED) is 0.786. The third-order valence-electron chi connectivity index (χ3n) is 3.46. The summed E-state index contributed by atoms with van der Waals surface area (Å²) in [7, 11) is 0. The van der Waals surface area contributed by atoms with E-state index in [0.717, 1.165) is 22.5 Å². The first-order valence-electron chi connectivity index (χ1n) is 6.13. The van der Waals surface area contributed by atoms with Crippen molar-refractivity contribution >= 4 is 11.6 Å². The van der Waals surface area contributed by atoms with Crippen molar-refractivity contribution in [1.82, 2.24) is 4.98 Å². The highest BCUT2D eigenvalue weighted by atomic mass is 19.1. The number of aryl methyl sites for hydroxylation is 1. The standard InChI is InChI=1S/C15H13FN2O/c1-8-5-14-13(7-17-8)11-4-3-10(16)6-12(11)9(2)15(19)18-14/h3-7,9H,1-2H3,(H,18,19). The van der Waals surface area contributed by atoms with Crippen LogP contribution < -0.4 is 5.32 Å². The molecular weight excluding hydrogens is 243 g/mol. The van der Waals surface area contributed by atoms with Gasteiger partial charge in [0, 0.05) is 17.5 Å². The zero-order chi connectivity index (χ0) is 13.6. The van der Waals surface area contributed by atoms with Crippen molar-refractivity contribution in [2.75, 3.05) is 5.32 Å². The Morgan fingerprint density at radius 1 is 1.26 bits per heavy atom. The molecular formula is C15H13FN2O. The molecule has 2 heterocycles. The molecule has 0 radical (unpaired) electrons. The van der Waals surface area contributed by atoms with Gasteiger partial charge in [-0.2, -0.15) is 0 Å². The van der Waals surface area contributed by atoms with Gasteiger partial charge in [0.25, 0.3) is 0 Å². The summed E-state index contributed by atoms with van der Waals surface area (Å²) in [5, 5.41) is 2.88. The fourth-order valence-electron chi connectivity index (χ4n) is 2.40. The maximum Gasteiger partial charge on any atom is 0.231 e. The van der Waals surface area contributed by atoms with E-state index < -0.39 is 5.92 Å². The van der Waals surface area contributed by atoms with E-state index in [0.29, 0.717) is 5.56 Å². The Morgan fingerprint density at radius 3 is 2.84 bits per heavy atom. The lowest BCUT2D eigenvalue weighted by molar-refractivity contribution is -0.117. The normalized spacial score (nSPS) is 17.2. The van der Waals surface area contributed by atoms with Crippen LogP contribution >= 0.6 is 0 Å². The second-order valence-corrected chi connectivity index (χ2v) is 4.81. The number of amides is 1. The molecule has 1 unspecified atom stereocenters. The lowest BCUT2D eigenvalue weighted by Gasteiger charge is -2.11. The molecule has 3 rings (SSSR count). The molecule has 1 aromatic carbocycles. The number of anilines is 1. The van der Waals surface area contributed by atoms with Crippen LogP contribution in [-0.2, 0) is 4.79 Å². The molecule has 19 heavy (non-hydrogen) atoms.